The molecule has 4 heteroatoms. The van der Waals surface area contributed by atoms with Crippen molar-refractivity contribution < 1.29 is 4.79 Å². The molecule has 1 saturated heterocycles. The smallest absolute Gasteiger partial charge is 0.264 e. The van der Waals surface area contributed by atoms with Crippen LogP contribution in [0.3, 0.4) is 0 Å². The van der Waals surface area contributed by atoms with Gasteiger partial charge in [0.25, 0.3) is 5.91 Å². The average molecular weight is 210 g/mol. The van der Waals surface area contributed by atoms with E-state index >= 15 is 0 Å². The molecule has 14 heavy (non-hydrogen) atoms. The second-order valence-electron chi connectivity index (χ2n) is 3.67. The Kier molecular flexibility index (Phi) is 2.56. The Morgan fingerprint density at radius 1 is 1.71 bits per heavy atom. The Morgan fingerprint density at radius 2 is 2.50 bits per heavy atom. The van der Waals surface area contributed by atoms with E-state index in [-0.39, 0.29) is 18.0 Å². The number of carbonyl (C=O) groups is 1. The van der Waals surface area contributed by atoms with Crippen molar-refractivity contribution in [1.29, 1.82) is 0 Å². The molecule has 2 rings (SSSR count). The monoisotopic (exact) mass is 210 g/mol. The molecule has 2 N–H and O–H groups in total. The summed E-state index contributed by atoms with van der Waals surface area (Å²) in [7, 11) is 0. The van der Waals surface area contributed by atoms with E-state index in [4.69, 9.17) is 5.73 Å². The number of carbonyl (C=O) groups excluding carboxylic acids is 1. The molecule has 2 heterocycles. The van der Waals surface area contributed by atoms with E-state index in [1.807, 2.05) is 29.3 Å². The first-order chi connectivity index (χ1) is 6.70. The lowest BCUT2D eigenvalue weighted by Gasteiger charge is -2.22. The van der Waals surface area contributed by atoms with Gasteiger partial charge >= 0.3 is 0 Å². The molecule has 1 aromatic heterocycles. The number of amides is 1. The van der Waals surface area contributed by atoms with Gasteiger partial charge in [-0.25, -0.2) is 0 Å². The fourth-order valence-corrected chi connectivity index (χ4v) is 2.47. The van der Waals surface area contributed by atoms with Gasteiger partial charge in [0, 0.05) is 18.6 Å². The van der Waals surface area contributed by atoms with Gasteiger partial charge in [0.05, 0.1) is 4.88 Å². The van der Waals surface area contributed by atoms with Crippen LogP contribution in [0.25, 0.3) is 0 Å². The van der Waals surface area contributed by atoms with Crippen LogP contribution in [0.5, 0.6) is 0 Å². The number of nitrogens with zero attached hydrogens (tertiary/aromatic N) is 1. The van der Waals surface area contributed by atoms with Gasteiger partial charge in [0.2, 0.25) is 0 Å². The Balaban J connectivity index is 2.13. The molecular formula is C10H14N2OS. The topological polar surface area (TPSA) is 46.3 Å². The Bertz CT molecular complexity index is 323. The number of rotatable bonds is 1. The van der Waals surface area contributed by atoms with E-state index < -0.39 is 0 Å². The molecule has 1 aliphatic rings. The average Bonchev–Trinajstić information content (AvgIpc) is 2.77. The standard InChI is InChI=1S/C10H14N2OS/c1-7-8(11)4-5-12(7)10(13)9-3-2-6-14-9/h2-3,6-8H,4-5,11H2,1H3. The van der Waals surface area contributed by atoms with Gasteiger partial charge in [-0.3, -0.25) is 4.79 Å². The second-order valence-corrected chi connectivity index (χ2v) is 4.62. The van der Waals surface area contributed by atoms with Crippen LogP contribution in [0, 0.1) is 0 Å². The minimum Gasteiger partial charge on any atom is -0.334 e. The third-order valence-corrected chi connectivity index (χ3v) is 3.67. The molecule has 3 nitrogen and oxygen atoms in total. The summed E-state index contributed by atoms with van der Waals surface area (Å²) in [6.45, 7) is 2.81. The van der Waals surface area contributed by atoms with Gasteiger partial charge in [-0.05, 0) is 24.8 Å². The minimum atomic E-state index is 0.125. The Labute approximate surface area is 87.5 Å². The van der Waals surface area contributed by atoms with Crippen LogP contribution in [0.2, 0.25) is 0 Å². The maximum atomic E-state index is 11.9. The summed E-state index contributed by atoms with van der Waals surface area (Å²) in [6.07, 6.45) is 0.915. The highest BCUT2D eigenvalue weighted by atomic mass is 32.1. The normalized spacial score (nSPS) is 26.9. The summed E-state index contributed by atoms with van der Waals surface area (Å²) in [5.41, 5.74) is 5.87. The summed E-state index contributed by atoms with van der Waals surface area (Å²) in [5, 5.41) is 1.92. The molecule has 1 amide bonds. The van der Waals surface area contributed by atoms with Gasteiger partial charge in [0.15, 0.2) is 0 Å². The summed E-state index contributed by atoms with van der Waals surface area (Å²) in [5.74, 6) is 0.125. The highest BCUT2D eigenvalue weighted by Gasteiger charge is 2.32. The molecule has 2 atom stereocenters. The molecule has 1 aliphatic heterocycles. The van der Waals surface area contributed by atoms with Crippen molar-refractivity contribution in [3.63, 3.8) is 0 Å². The van der Waals surface area contributed by atoms with Crippen molar-refractivity contribution in [2.45, 2.75) is 25.4 Å². The SMILES string of the molecule is CC1C(N)CCN1C(=O)c1cccs1. The molecule has 0 saturated carbocycles. The zero-order valence-electron chi connectivity index (χ0n) is 8.14. The number of likely N-dealkylation sites (tertiary alicyclic amines) is 1. The van der Waals surface area contributed by atoms with Crippen molar-refractivity contribution in [3.8, 4) is 0 Å². The summed E-state index contributed by atoms with van der Waals surface area (Å²) < 4.78 is 0. The van der Waals surface area contributed by atoms with Gasteiger partial charge in [-0.15, -0.1) is 11.3 Å². The van der Waals surface area contributed by atoms with Crippen LogP contribution in [-0.4, -0.2) is 29.4 Å². The van der Waals surface area contributed by atoms with Gasteiger partial charge in [-0.2, -0.15) is 0 Å². The minimum absolute atomic E-state index is 0.125. The zero-order valence-corrected chi connectivity index (χ0v) is 8.96. The molecule has 1 fully saturated rings. The number of nitrogens with two attached hydrogens (primary N) is 1. The van der Waals surface area contributed by atoms with Crippen LogP contribution in [-0.2, 0) is 0 Å². The van der Waals surface area contributed by atoms with Crippen molar-refractivity contribution >= 4 is 17.2 Å². The molecule has 76 valence electrons. The molecule has 0 aromatic carbocycles. The molecule has 2 unspecified atom stereocenters. The van der Waals surface area contributed by atoms with E-state index in [1.165, 1.54) is 11.3 Å². The van der Waals surface area contributed by atoms with Crippen molar-refractivity contribution in [1.82, 2.24) is 4.90 Å². The van der Waals surface area contributed by atoms with Gasteiger partial charge < -0.3 is 10.6 Å². The maximum Gasteiger partial charge on any atom is 0.264 e. The lowest BCUT2D eigenvalue weighted by Crippen LogP contribution is -2.40. The fraction of sp³-hybridized carbons (Fsp3) is 0.500. The molecule has 1 aromatic rings. The quantitative estimate of drug-likeness (QED) is 0.759. The number of thiophene rings is 1. The highest BCUT2D eigenvalue weighted by Crippen LogP contribution is 2.20. The predicted molar refractivity (Wildman–Crippen MR) is 57.4 cm³/mol. The summed E-state index contributed by atoms with van der Waals surface area (Å²) in [6, 6.07) is 4.07. The third kappa shape index (κ3) is 1.55. The zero-order chi connectivity index (χ0) is 10.1. The Morgan fingerprint density at radius 3 is 3.00 bits per heavy atom. The van der Waals surface area contributed by atoms with Gasteiger partial charge in [0.1, 0.15) is 0 Å². The van der Waals surface area contributed by atoms with E-state index in [0.717, 1.165) is 17.8 Å². The van der Waals surface area contributed by atoms with E-state index in [1.54, 1.807) is 0 Å². The molecule has 0 bridgehead atoms. The first kappa shape index (κ1) is 9.68. The van der Waals surface area contributed by atoms with E-state index in [2.05, 4.69) is 0 Å². The molecular weight excluding hydrogens is 196 g/mol. The lowest BCUT2D eigenvalue weighted by molar-refractivity contribution is 0.0747. The Hall–Kier alpha value is -0.870. The van der Waals surface area contributed by atoms with Crippen LogP contribution >= 0.6 is 11.3 Å². The second kappa shape index (κ2) is 3.71. The van der Waals surface area contributed by atoms with Crippen molar-refractivity contribution in [3.05, 3.63) is 22.4 Å². The van der Waals surface area contributed by atoms with Crippen molar-refractivity contribution in [2.24, 2.45) is 5.73 Å². The first-order valence-corrected chi connectivity index (χ1v) is 5.68. The molecule has 0 spiro atoms. The van der Waals surface area contributed by atoms with Gasteiger partial charge in [-0.1, -0.05) is 6.07 Å². The first-order valence-electron chi connectivity index (χ1n) is 4.80. The highest BCUT2D eigenvalue weighted by molar-refractivity contribution is 7.12. The third-order valence-electron chi connectivity index (χ3n) is 2.81. The van der Waals surface area contributed by atoms with Crippen LogP contribution in [0.4, 0.5) is 0 Å². The number of hydrogen-bond donors (Lipinski definition) is 1. The van der Waals surface area contributed by atoms with Crippen molar-refractivity contribution in [2.75, 3.05) is 6.54 Å². The maximum absolute atomic E-state index is 11.9. The van der Waals surface area contributed by atoms with Crippen LogP contribution in [0.15, 0.2) is 17.5 Å². The lowest BCUT2D eigenvalue weighted by atomic mass is 10.2. The van der Waals surface area contributed by atoms with E-state index in [9.17, 15) is 4.79 Å². The predicted octanol–water partition coefficient (Wildman–Crippen LogP) is 1.31. The summed E-state index contributed by atoms with van der Waals surface area (Å²) >= 11 is 1.49. The fourth-order valence-electron chi connectivity index (χ4n) is 1.79. The number of hydrogen-bond acceptors (Lipinski definition) is 3. The largest absolute Gasteiger partial charge is 0.334 e. The molecule has 0 radical (unpaired) electrons. The van der Waals surface area contributed by atoms with Crippen LogP contribution < -0.4 is 5.73 Å². The molecule has 0 aliphatic carbocycles. The van der Waals surface area contributed by atoms with E-state index in [0.29, 0.717) is 0 Å². The van der Waals surface area contributed by atoms with Crippen LogP contribution in [0.1, 0.15) is 23.0 Å². The summed E-state index contributed by atoms with van der Waals surface area (Å²) in [4.78, 5) is 14.6.